The van der Waals surface area contributed by atoms with E-state index < -0.39 is 12.1 Å². The van der Waals surface area contributed by atoms with E-state index in [2.05, 4.69) is 78.6 Å². The Labute approximate surface area is 261 Å². The summed E-state index contributed by atoms with van der Waals surface area (Å²) in [6.07, 6.45) is 11.2. The molecule has 3 aromatic rings. The fourth-order valence-electron chi connectivity index (χ4n) is 9.37. The second-order valence-electron chi connectivity index (χ2n) is 14.5. The van der Waals surface area contributed by atoms with Crippen LogP contribution in [0.4, 0.5) is 0 Å². The summed E-state index contributed by atoms with van der Waals surface area (Å²) < 4.78 is 7.42. The zero-order valence-electron chi connectivity index (χ0n) is 26.8. The van der Waals surface area contributed by atoms with Crippen LogP contribution in [0.25, 0.3) is 11.1 Å². The van der Waals surface area contributed by atoms with E-state index in [1.807, 2.05) is 6.07 Å². The highest BCUT2D eigenvalue weighted by Crippen LogP contribution is 2.60. The predicted molar refractivity (Wildman–Crippen MR) is 173 cm³/mol. The summed E-state index contributed by atoms with van der Waals surface area (Å²) in [7, 11) is 1.62. The fraction of sp³-hybridized carbons (Fsp3) is 0.568. The quantitative estimate of drug-likeness (QED) is 0.275. The molecule has 1 aromatic heterocycles. The summed E-state index contributed by atoms with van der Waals surface area (Å²) in [6, 6.07) is 17.0. The van der Waals surface area contributed by atoms with E-state index in [-0.39, 0.29) is 11.0 Å². The van der Waals surface area contributed by atoms with Crippen LogP contribution >= 0.6 is 0 Å². The second kappa shape index (κ2) is 11.8. The van der Waals surface area contributed by atoms with Gasteiger partial charge in [0.2, 0.25) is 6.41 Å². The number of benzene rings is 2. The summed E-state index contributed by atoms with van der Waals surface area (Å²) in [5, 5.41) is 3.37. The van der Waals surface area contributed by atoms with Crippen molar-refractivity contribution in [2.24, 2.45) is 23.2 Å². The third-order valence-electron chi connectivity index (χ3n) is 11.1. The SMILES string of the molecule is CCCCc1nc(C)n(CC23CC4CC(CC(C4)C2)C3)c(=O)c1Cc1ccc(-c2ccccc2C2(C)NOC(OC)N2)cc1. The molecule has 2 aromatic carbocycles. The summed E-state index contributed by atoms with van der Waals surface area (Å²) >= 11 is 0. The van der Waals surface area contributed by atoms with Gasteiger partial charge in [-0.25, -0.2) is 10.3 Å². The fourth-order valence-corrected chi connectivity index (χ4v) is 9.37. The minimum absolute atomic E-state index is 0.188. The molecule has 2 unspecified atom stereocenters. The summed E-state index contributed by atoms with van der Waals surface area (Å²) in [5.74, 6) is 3.51. The number of hydrogen-bond acceptors (Lipinski definition) is 6. The summed E-state index contributed by atoms with van der Waals surface area (Å²) in [5.41, 5.74) is 9.30. The highest BCUT2D eigenvalue weighted by Gasteiger charge is 2.51. The Kier molecular flexibility index (Phi) is 8.02. The van der Waals surface area contributed by atoms with Gasteiger partial charge >= 0.3 is 0 Å². The Hall–Kier alpha value is -2.84. The molecule has 4 bridgehead atoms. The minimum atomic E-state index is -0.598. The van der Waals surface area contributed by atoms with Crippen LogP contribution in [-0.4, -0.2) is 23.1 Å². The van der Waals surface area contributed by atoms with Gasteiger partial charge in [0, 0.05) is 25.6 Å². The van der Waals surface area contributed by atoms with Crippen LogP contribution in [-0.2, 0) is 34.6 Å². The van der Waals surface area contributed by atoms with E-state index in [9.17, 15) is 4.79 Å². The third kappa shape index (κ3) is 5.57. The average Bonchev–Trinajstić information content (AvgIpc) is 3.41. The number of unbranched alkanes of at least 4 members (excludes halogenated alkanes) is 1. The molecule has 44 heavy (non-hydrogen) atoms. The van der Waals surface area contributed by atoms with Gasteiger partial charge in [-0.05, 0) is 111 Å². The molecule has 1 saturated heterocycles. The van der Waals surface area contributed by atoms with Crippen LogP contribution in [0.5, 0.6) is 0 Å². The molecule has 2 atom stereocenters. The number of aryl methyl sites for hydroxylation is 2. The van der Waals surface area contributed by atoms with Gasteiger partial charge in [0.25, 0.3) is 5.56 Å². The zero-order chi connectivity index (χ0) is 30.5. The summed E-state index contributed by atoms with van der Waals surface area (Å²) in [6.45, 7) is 7.16. The lowest BCUT2D eigenvalue weighted by molar-refractivity contribution is -0.134. The summed E-state index contributed by atoms with van der Waals surface area (Å²) in [4.78, 5) is 25.1. The molecule has 234 valence electrons. The topological polar surface area (TPSA) is 77.4 Å². The van der Waals surface area contributed by atoms with Gasteiger partial charge in [0.1, 0.15) is 11.5 Å². The molecule has 7 nitrogen and oxygen atoms in total. The maximum absolute atomic E-state index is 14.4. The molecule has 0 radical (unpaired) electrons. The molecular weight excluding hydrogens is 548 g/mol. The standard InChI is InChI=1S/C37H48N4O3/c1-5-6-11-33-31(34(42)41(24(2)38-33)23-37-20-26-16-27(21-37)18-28(17-26)22-37)19-25-12-14-29(15-13-25)30-9-7-8-10-32(30)36(3)39-35(43-4)44-40-36/h7-10,12-15,26-28,35,39-40H,5-6,11,16-23H2,1-4H3. The van der Waals surface area contributed by atoms with E-state index in [1.54, 1.807) is 7.11 Å². The van der Waals surface area contributed by atoms with Crippen LogP contribution in [0.2, 0.25) is 0 Å². The highest BCUT2D eigenvalue weighted by atomic mass is 16.8. The predicted octanol–water partition coefficient (Wildman–Crippen LogP) is 6.60. The maximum atomic E-state index is 14.4. The number of rotatable bonds is 10. The van der Waals surface area contributed by atoms with Crippen molar-refractivity contribution in [1.82, 2.24) is 20.3 Å². The van der Waals surface area contributed by atoms with Crippen molar-refractivity contribution < 1.29 is 9.57 Å². The molecule has 0 spiro atoms. The van der Waals surface area contributed by atoms with Crippen molar-refractivity contribution in [3.05, 3.63) is 87.1 Å². The number of ether oxygens (including phenoxy) is 1. The molecule has 1 aliphatic heterocycles. The van der Waals surface area contributed by atoms with Crippen LogP contribution < -0.4 is 16.4 Å². The highest BCUT2D eigenvalue weighted by molar-refractivity contribution is 5.69. The second-order valence-corrected chi connectivity index (χ2v) is 14.5. The van der Waals surface area contributed by atoms with Crippen LogP contribution in [0.1, 0.15) is 93.4 Å². The monoisotopic (exact) mass is 596 g/mol. The van der Waals surface area contributed by atoms with Crippen molar-refractivity contribution in [1.29, 1.82) is 0 Å². The molecule has 5 aliphatic rings. The van der Waals surface area contributed by atoms with E-state index in [4.69, 9.17) is 14.6 Å². The average molecular weight is 597 g/mol. The van der Waals surface area contributed by atoms with Gasteiger partial charge in [-0.1, -0.05) is 61.9 Å². The molecule has 4 saturated carbocycles. The molecule has 4 aliphatic carbocycles. The molecule has 2 heterocycles. The van der Waals surface area contributed by atoms with Gasteiger partial charge in [0.15, 0.2) is 0 Å². The number of hydrogen-bond donors (Lipinski definition) is 2. The van der Waals surface area contributed by atoms with E-state index in [0.717, 1.165) is 82.9 Å². The maximum Gasteiger partial charge on any atom is 0.257 e. The largest absolute Gasteiger partial charge is 0.342 e. The van der Waals surface area contributed by atoms with Gasteiger partial charge in [-0.3, -0.25) is 14.2 Å². The van der Waals surface area contributed by atoms with E-state index in [0.29, 0.717) is 6.42 Å². The Morgan fingerprint density at radius 2 is 1.70 bits per heavy atom. The Morgan fingerprint density at radius 1 is 1.02 bits per heavy atom. The number of aromatic nitrogens is 2. The Bertz CT molecular complexity index is 1530. The van der Waals surface area contributed by atoms with Gasteiger partial charge in [-0.2, -0.15) is 5.48 Å². The lowest BCUT2D eigenvalue weighted by atomic mass is 9.49. The van der Waals surface area contributed by atoms with Crippen molar-refractivity contribution in [2.45, 2.75) is 104 Å². The zero-order valence-corrected chi connectivity index (χ0v) is 26.8. The molecular formula is C37H48N4O3. The number of nitrogens with zero attached hydrogens (tertiary/aromatic N) is 2. The smallest absolute Gasteiger partial charge is 0.257 e. The Morgan fingerprint density at radius 3 is 2.34 bits per heavy atom. The normalized spacial score (nSPS) is 30.7. The molecule has 0 amide bonds. The van der Waals surface area contributed by atoms with Gasteiger partial charge < -0.3 is 4.74 Å². The lowest BCUT2D eigenvalue weighted by Crippen LogP contribution is -2.49. The first-order valence-electron chi connectivity index (χ1n) is 16.8. The first kappa shape index (κ1) is 29.8. The van der Waals surface area contributed by atoms with Gasteiger partial charge in [0.05, 0.1) is 5.69 Å². The number of methoxy groups -OCH3 is 1. The van der Waals surface area contributed by atoms with Crippen molar-refractivity contribution >= 4 is 0 Å². The van der Waals surface area contributed by atoms with Crippen LogP contribution in [0.3, 0.4) is 0 Å². The third-order valence-corrected chi connectivity index (χ3v) is 11.1. The number of hydroxylamine groups is 1. The first-order valence-corrected chi connectivity index (χ1v) is 16.8. The van der Waals surface area contributed by atoms with Gasteiger partial charge in [-0.15, -0.1) is 0 Å². The van der Waals surface area contributed by atoms with Crippen molar-refractivity contribution in [2.75, 3.05) is 7.11 Å². The van der Waals surface area contributed by atoms with Crippen molar-refractivity contribution in [3.8, 4) is 11.1 Å². The van der Waals surface area contributed by atoms with E-state index in [1.165, 1.54) is 38.5 Å². The van der Waals surface area contributed by atoms with E-state index >= 15 is 0 Å². The molecule has 8 rings (SSSR count). The lowest BCUT2D eigenvalue weighted by Gasteiger charge is -2.57. The van der Waals surface area contributed by atoms with Crippen LogP contribution in [0, 0.1) is 30.1 Å². The minimum Gasteiger partial charge on any atom is -0.342 e. The van der Waals surface area contributed by atoms with Crippen LogP contribution in [0.15, 0.2) is 53.3 Å². The molecule has 5 fully saturated rings. The number of nitrogens with one attached hydrogen (secondary N) is 2. The molecule has 2 N–H and O–H groups in total. The first-order chi connectivity index (χ1) is 21.3. The molecule has 7 heteroatoms. The van der Waals surface area contributed by atoms with Crippen molar-refractivity contribution in [3.63, 3.8) is 0 Å². The Balaban J connectivity index is 1.17.